The molecule has 5 rings (SSSR count). The van der Waals surface area contributed by atoms with Gasteiger partial charge in [-0.25, -0.2) is 4.79 Å². The summed E-state index contributed by atoms with van der Waals surface area (Å²) in [4.78, 5) is 41.5. The van der Waals surface area contributed by atoms with Crippen molar-refractivity contribution < 1.29 is 24.2 Å². The van der Waals surface area contributed by atoms with Gasteiger partial charge in [-0.3, -0.25) is 14.3 Å². The number of halogens is 2. The molecule has 3 heterocycles. The largest absolute Gasteiger partial charge is 0.494 e. The first-order valence-electron chi connectivity index (χ1n) is 14.4. The summed E-state index contributed by atoms with van der Waals surface area (Å²) >= 11 is 13.1. The van der Waals surface area contributed by atoms with Crippen LogP contribution in [-0.2, 0) is 23.1 Å². The minimum Gasteiger partial charge on any atom is -0.494 e. The number of nitrogens with one attached hydrogen (secondary N) is 2. The summed E-state index contributed by atoms with van der Waals surface area (Å²) in [6, 6.07) is 7.20. The number of fused-ring (bicyclic) bond motifs is 1. The third-order valence-corrected chi connectivity index (χ3v) is 9.17. The van der Waals surface area contributed by atoms with Gasteiger partial charge in [-0.2, -0.15) is 5.10 Å². The number of H-pyrrole nitrogens is 1. The van der Waals surface area contributed by atoms with Crippen LogP contribution in [0.1, 0.15) is 51.4 Å². The molecule has 1 fully saturated rings. The third-order valence-electron chi connectivity index (χ3n) is 8.26. The fourth-order valence-electron chi connectivity index (χ4n) is 6.01. The zero-order chi connectivity index (χ0) is 31.9. The van der Waals surface area contributed by atoms with E-state index < -0.39 is 11.9 Å². The fourth-order valence-corrected chi connectivity index (χ4v) is 6.37. The number of aromatic nitrogens is 3. The van der Waals surface area contributed by atoms with Gasteiger partial charge in [-0.15, -0.1) is 0 Å². The van der Waals surface area contributed by atoms with Crippen molar-refractivity contribution in [2.24, 2.45) is 7.05 Å². The Hall–Kier alpha value is -4.02. The molecule has 4 aromatic rings. The van der Waals surface area contributed by atoms with Crippen molar-refractivity contribution in [1.29, 1.82) is 0 Å². The number of hydrogen-bond acceptors (Lipinski definition) is 5. The highest BCUT2D eigenvalue weighted by atomic mass is 35.5. The molecule has 2 amide bonds. The Balaban J connectivity index is 1.47. The van der Waals surface area contributed by atoms with E-state index >= 15 is 0 Å². The number of carboxylic acid groups (broad SMARTS) is 1. The van der Waals surface area contributed by atoms with Gasteiger partial charge < -0.3 is 25.0 Å². The summed E-state index contributed by atoms with van der Waals surface area (Å²) in [7, 11) is 1.88. The lowest BCUT2D eigenvalue weighted by Crippen LogP contribution is -2.40. The van der Waals surface area contributed by atoms with Gasteiger partial charge in [0.2, 0.25) is 0 Å². The number of carboxylic acids is 1. The summed E-state index contributed by atoms with van der Waals surface area (Å²) in [5.74, 6) is -2.08. The predicted octanol–water partition coefficient (Wildman–Crippen LogP) is 5.54. The lowest BCUT2D eigenvalue weighted by molar-refractivity contribution is -0.155. The molecule has 2 aromatic heterocycles. The van der Waals surface area contributed by atoms with Crippen LogP contribution < -0.4 is 10.1 Å². The van der Waals surface area contributed by atoms with Gasteiger partial charge in [0, 0.05) is 53.4 Å². The quantitative estimate of drug-likeness (QED) is 0.172. The van der Waals surface area contributed by atoms with Crippen LogP contribution in [0.4, 0.5) is 0 Å². The highest BCUT2D eigenvalue weighted by Gasteiger charge is 2.32. The molecule has 12 heteroatoms. The predicted molar refractivity (Wildman–Crippen MR) is 170 cm³/mol. The number of likely N-dealkylation sites (tertiary alicyclic amines) is 1. The molecule has 10 nitrogen and oxygen atoms in total. The zero-order valence-electron chi connectivity index (χ0n) is 25.3. The van der Waals surface area contributed by atoms with E-state index in [4.69, 9.17) is 33.0 Å². The van der Waals surface area contributed by atoms with Crippen LogP contribution in [0.25, 0.3) is 22.0 Å². The Morgan fingerprint density at radius 3 is 2.45 bits per heavy atom. The summed E-state index contributed by atoms with van der Waals surface area (Å²) in [5.41, 5.74) is 7.26. The average molecular weight is 641 g/mol. The number of aromatic amines is 1. The molecule has 1 aliphatic heterocycles. The normalized spacial score (nSPS) is 14.8. The Labute approximate surface area is 265 Å². The number of carbonyl (C=O) groups excluding carboxylic acids is 2. The maximum Gasteiger partial charge on any atom is 0.394 e. The lowest BCUT2D eigenvalue weighted by atomic mass is 9.98. The molecule has 232 valence electrons. The highest BCUT2D eigenvalue weighted by molar-refractivity contribution is 6.35. The van der Waals surface area contributed by atoms with Gasteiger partial charge in [0.25, 0.3) is 5.91 Å². The number of hydrogen-bond donors (Lipinski definition) is 3. The number of amides is 2. The van der Waals surface area contributed by atoms with Gasteiger partial charge in [0.05, 0.1) is 22.8 Å². The van der Waals surface area contributed by atoms with Crippen molar-refractivity contribution in [1.82, 2.24) is 25.0 Å². The van der Waals surface area contributed by atoms with E-state index in [1.165, 1.54) is 4.90 Å². The first-order chi connectivity index (χ1) is 20.9. The van der Waals surface area contributed by atoms with Crippen LogP contribution >= 0.6 is 23.2 Å². The highest BCUT2D eigenvalue weighted by Crippen LogP contribution is 2.40. The Morgan fingerprint density at radius 2 is 1.82 bits per heavy atom. The number of carbonyl (C=O) groups is 3. The Bertz CT molecular complexity index is 1770. The van der Waals surface area contributed by atoms with Crippen molar-refractivity contribution in [3.63, 3.8) is 0 Å². The summed E-state index contributed by atoms with van der Waals surface area (Å²) in [6.45, 7) is 8.59. The first-order valence-corrected chi connectivity index (χ1v) is 15.2. The van der Waals surface area contributed by atoms with Crippen molar-refractivity contribution in [2.45, 2.75) is 53.0 Å². The van der Waals surface area contributed by atoms with Crippen molar-refractivity contribution in [3.8, 4) is 16.9 Å². The molecule has 1 saturated heterocycles. The molecule has 0 bridgehead atoms. The molecule has 0 saturated carbocycles. The van der Waals surface area contributed by atoms with Gasteiger partial charge >= 0.3 is 11.9 Å². The van der Waals surface area contributed by atoms with E-state index in [0.717, 1.165) is 60.9 Å². The Kier molecular flexibility index (Phi) is 8.95. The smallest absolute Gasteiger partial charge is 0.394 e. The van der Waals surface area contributed by atoms with E-state index in [9.17, 15) is 14.4 Å². The molecule has 0 radical (unpaired) electrons. The number of rotatable bonds is 8. The number of ether oxygens (including phenoxy) is 1. The molecule has 0 aliphatic carbocycles. The number of benzene rings is 2. The standard InChI is InChI=1S/C32H35Cl2N5O5/c1-16-13-21(14-17(2)27(16)34)44-12-6-7-22-23-8-9-24(33)26(25-18(3)37-38(5)19(25)4)28(23)36-29(22)30(40)35-20-10-11-39(15-20)31(41)32(42)43/h8-9,13-14,20,36H,6-7,10-12,15H2,1-5H3,(H,35,40)(H,42,43). The van der Waals surface area contributed by atoms with E-state index in [-0.39, 0.29) is 25.0 Å². The van der Waals surface area contributed by atoms with Gasteiger partial charge in [-0.05, 0) is 81.8 Å². The van der Waals surface area contributed by atoms with Crippen LogP contribution in [0, 0.1) is 27.7 Å². The monoisotopic (exact) mass is 639 g/mol. The summed E-state index contributed by atoms with van der Waals surface area (Å²) in [5, 5.41) is 18.8. The summed E-state index contributed by atoms with van der Waals surface area (Å²) < 4.78 is 7.86. The van der Waals surface area contributed by atoms with Crippen LogP contribution in [0.2, 0.25) is 10.0 Å². The summed E-state index contributed by atoms with van der Waals surface area (Å²) in [6.07, 6.45) is 1.62. The van der Waals surface area contributed by atoms with Crippen molar-refractivity contribution in [3.05, 3.63) is 68.1 Å². The first kappa shape index (κ1) is 31.4. The molecule has 1 unspecified atom stereocenters. The maximum absolute atomic E-state index is 13.8. The number of aliphatic carboxylic acids is 1. The second-order valence-corrected chi connectivity index (χ2v) is 12.1. The molecular formula is C32H35Cl2N5O5. The van der Waals surface area contributed by atoms with Gasteiger partial charge in [-0.1, -0.05) is 29.3 Å². The van der Waals surface area contributed by atoms with Gasteiger partial charge in [0.1, 0.15) is 11.4 Å². The lowest BCUT2D eigenvalue weighted by Gasteiger charge is -2.15. The van der Waals surface area contributed by atoms with E-state index in [2.05, 4.69) is 15.4 Å². The Morgan fingerprint density at radius 1 is 1.11 bits per heavy atom. The van der Waals surface area contributed by atoms with E-state index in [1.807, 2.05) is 59.0 Å². The second-order valence-electron chi connectivity index (χ2n) is 11.3. The van der Waals surface area contributed by atoms with Crippen LogP contribution in [-0.4, -0.2) is 68.3 Å². The molecule has 0 spiro atoms. The van der Waals surface area contributed by atoms with Crippen LogP contribution in [0.5, 0.6) is 5.75 Å². The topological polar surface area (TPSA) is 130 Å². The average Bonchev–Trinajstić information content (AvgIpc) is 3.65. The van der Waals surface area contributed by atoms with Crippen molar-refractivity contribution in [2.75, 3.05) is 19.7 Å². The minimum atomic E-state index is -1.51. The third kappa shape index (κ3) is 6.01. The number of nitrogens with zero attached hydrogens (tertiary/aromatic N) is 3. The van der Waals surface area contributed by atoms with Crippen LogP contribution in [0.3, 0.4) is 0 Å². The molecule has 3 N–H and O–H groups in total. The maximum atomic E-state index is 13.8. The van der Waals surface area contributed by atoms with Crippen LogP contribution in [0.15, 0.2) is 24.3 Å². The number of aryl methyl sites for hydroxylation is 5. The van der Waals surface area contributed by atoms with Crippen molar-refractivity contribution >= 4 is 51.9 Å². The molecule has 1 aliphatic rings. The van der Waals surface area contributed by atoms with Gasteiger partial charge in [0.15, 0.2) is 0 Å². The molecule has 1 atom stereocenters. The zero-order valence-corrected chi connectivity index (χ0v) is 26.8. The molecule has 2 aromatic carbocycles. The molecule has 44 heavy (non-hydrogen) atoms. The second kappa shape index (κ2) is 12.5. The van der Waals surface area contributed by atoms with E-state index in [1.54, 1.807) is 4.68 Å². The minimum absolute atomic E-state index is 0.130. The fraction of sp³-hybridized carbons (Fsp3) is 0.375. The molecular weight excluding hydrogens is 605 g/mol. The SMILES string of the molecule is Cc1cc(OCCCc2c(C(=O)NC3CCN(C(=O)C(=O)O)C3)[nH]c3c(-c4c(C)nn(C)c4C)c(Cl)ccc23)cc(C)c1Cl. The van der Waals surface area contributed by atoms with E-state index in [0.29, 0.717) is 36.6 Å².